The first-order valence-electron chi connectivity index (χ1n) is 51.2. The van der Waals surface area contributed by atoms with Crippen molar-refractivity contribution in [1.29, 1.82) is 0 Å². The van der Waals surface area contributed by atoms with Crippen LogP contribution in [0.4, 0.5) is 0 Å². The smallest absolute Gasteiger partial charge is 0.337 e. The molecule has 6 nitrogen and oxygen atoms in total. The number of methoxy groups -OCH3 is 2. The van der Waals surface area contributed by atoms with Crippen LogP contribution in [0.5, 0.6) is 0 Å². The summed E-state index contributed by atoms with van der Waals surface area (Å²) < 4.78 is 9.95. The Labute approximate surface area is 878 Å². The minimum Gasteiger partial charge on any atom is -0.497 e. The maximum atomic E-state index is 11.5. The molecule has 0 radical (unpaired) electrons. The van der Waals surface area contributed by atoms with E-state index in [-0.39, 0.29) is 23.3 Å². The van der Waals surface area contributed by atoms with Gasteiger partial charge in [-0.1, -0.05) is 485 Å². The number of hydrogen-bond acceptors (Lipinski definition) is 6. The third-order valence-corrected chi connectivity index (χ3v) is 26.6. The molecule has 736 valence electrons. The number of ether oxygens (including phenoxy) is 2. The number of benzene rings is 19. The molecule has 0 atom stereocenters. The van der Waals surface area contributed by atoms with Gasteiger partial charge in [0.2, 0.25) is 0 Å². The molecular formula is C142H132O6. The first-order valence-corrected chi connectivity index (χ1v) is 51.2. The largest absolute Gasteiger partial charge is 0.497 e. The van der Waals surface area contributed by atoms with E-state index in [4.69, 9.17) is 15.9 Å². The quantitative estimate of drug-likeness (QED) is 0.0245. The van der Waals surface area contributed by atoms with Crippen LogP contribution >= 0.6 is 0 Å². The van der Waals surface area contributed by atoms with Gasteiger partial charge >= 0.3 is 5.97 Å². The van der Waals surface area contributed by atoms with Gasteiger partial charge in [-0.15, -0.1) is 6.42 Å². The topological polar surface area (TPSA) is 86.7 Å². The van der Waals surface area contributed by atoms with Crippen molar-refractivity contribution in [1.82, 2.24) is 0 Å². The Bertz CT molecular complexity index is 7400. The van der Waals surface area contributed by atoms with Crippen LogP contribution in [0.25, 0.3) is 139 Å². The summed E-state index contributed by atoms with van der Waals surface area (Å²) in [6.07, 6.45) is 12.8. The predicted octanol–water partition coefficient (Wildman–Crippen LogP) is 37.0. The van der Waals surface area contributed by atoms with Crippen molar-refractivity contribution >= 4 is 29.1 Å². The number of Topliss-reactive ketones (excluding diaryl/α,β-unsaturated/α-hetero) is 3. The Hall–Kier alpha value is -17.2. The van der Waals surface area contributed by atoms with Gasteiger partial charge < -0.3 is 9.47 Å². The molecule has 0 aliphatic heterocycles. The number of aryl methyl sites for hydroxylation is 8. The summed E-state index contributed by atoms with van der Waals surface area (Å²) in [6, 6.07) is 160. The first kappa shape index (κ1) is 108. The molecule has 6 heteroatoms. The Morgan fingerprint density at radius 3 is 0.581 bits per heavy atom. The van der Waals surface area contributed by atoms with Gasteiger partial charge in [-0.3, -0.25) is 14.4 Å². The van der Waals surface area contributed by atoms with Gasteiger partial charge in [-0.2, -0.15) is 0 Å². The van der Waals surface area contributed by atoms with Crippen molar-refractivity contribution in [2.24, 2.45) is 0 Å². The Morgan fingerprint density at radius 1 is 0.209 bits per heavy atom. The third-order valence-electron chi connectivity index (χ3n) is 26.6. The molecule has 0 saturated carbocycles. The fourth-order valence-electron chi connectivity index (χ4n) is 17.0. The van der Waals surface area contributed by atoms with Crippen molar-refractivity contribution in [3.8, 4) is 146 Å². The van der Waals surface area contributed by atoms with Crippen molar-refractivity contribution < 1.29 is 28.7 Å². The minimum absolute atomic E-state index is 0.0967. The van der Waals surface area contributed by atoms with Crippen LogP contribution in [-0.4, -0.2) is 37.5 Å². The molecule has 0 N–H and O–H groups in total. The minimum atomic E-state index is -0.313. The number of terminal acetylenes is 1. The van der Waals surface area contributed by atoms with Crippen LogP contribution in [0, 0.1) is 19.3 Å². The fraction of sp³-hybridized carbons (Fsp3) is 0.141. The molecule has 0 amide bonds. The lowest BCUT2D eigenvalue weighted by molar-refractivity contribution is 0.0600. The number of esters is 1. The Kier molecular flexibility index (Phi) is 40.2. The van der Waals surface area contributed by atoms with E-state index in [0.717, 1.165) is 112 Å². The number of ketones is 3. The van der Waals surface area contributed by atoms with Crippen molar-refractivity contribution in [2.45, 2.75) is 121 Å². The van der Waals surface area contributed by atoms with Gasteiger partial charge in [-0.25, -0.2) is 4.79 Å². The highest BCUT2D eigenvalue weighted by atomic mass is 16.5. The summed E-state index contributed by atoms with van der Waals surface area (Å²) in [5, 5.41) is 0. The van der Waals surface area contributed by atoms with Crippen molar-refractivity contribution in [3.05, 3.63) is 546 Å². The van der Waals surface area contributed by atoms with Crippen LogP contribution in [0.1, 0.15) is 166 Å². The molecule has 0 aliphatic rings. The molecule has 19 aromatic carbocycles. The second-order valence-corrected chi connectivity index (χ2v) is 36.5. The highest BCUT2D eigenvalue weighted by molar-refractivity contribution is 5.97. The molecule has 0 fully saturated rings. The van der Waals surface area contributed by atoms with E-state index in [1.807, 2.05) is 109 Å². The van der Waals surface area contributed by atoms with Crippen LogP contribution in [0.15, 0.2) is 468 Å². The summed E-state index contributed by atoms with van der Waals surface area (Å²) >= 11 is 0. The van der Waals surface area contributed by atoms with Crippen LogP contribution in [0.3, 0.4) is 0 Å². The van der Waals surface area contributed by atoms with Crippen molar-refractivity contribution in [2.75, 3.05) is 14.2 Å². The highest BCUT2D eigenvalue weighted by Gasteiger charge is 2.14. The average molecular weight is 1930 g/mol. The van der Waals surface area contributed by atoms with E-state index < -0.39 is 0 Å². The molecular weight excluding hydrogens is 1800 g/mol. The maximum absolute atomic E-state index is 11.5. The highest BCUT2D eigenvalue weighted by Crippen LogP contribution is 2.35. The molecule has 0 aromatic heterocycles. The zero-order valence-corrected chi connectivity index (χ0v) is 87.6. The van der Waals surface area contributed by atoms with E-state index >= 15 is 0 Å². The summed E-state index contributed by atoms with van der Waals surface area (Å²) in [5.41, 5.74) is 44.2. The lowest BCUT2D eigenvalue weighted by atomic mass is 9.98. The number of carbonyl (C=O) groups excluding carboxylic acids is 4. The number of carbonyl (C=O) groups is 4. The van der Waals surface area contributed by atoms with E-state index in [1.54, 1.807) is 40.0 Å². The molecule has 0 spiro atoms. The molecule has 0 aliphatic carbocycles. The molecule has 0 heterocycles. The Balaban J connectivity index is 0.000000145. The molecule has 0 saturated heterocycles. The standard InChI is InChI=1S/C23H22O.C22H20O2.2C22H20O.C21H20.C16H16O.C16H14/c1-4-18-8-10-19(11-9-18)20-12-14-21(15-13-20)23-7-5-6-22(16-23)17(2)24-3;1-3-16-4-6-17(7-5-16)18-8-10-19(11-9-18)20-12-14-21(15-13-20)22(23)24-2;2*1-3-17-7-9-18(10-8-17)19-11-13-20(14-12-19)22-6-4-5-21(15-22)16(2)23;1-3-17-7-9-18(10-8-17)19-11-13-20(14-12-19)21-6-4-5-16(2)15-21;1-3-13-4-6-15(7-5-13)16-10-8-14(9-11-16)12(2)17;1-3-13-5-9-15(10-6-13)16-11-7-14(4-2)8-12-16/h5-16H,2,4H2,1,3H3;4-15H,3H2,1-2H3;2*4-15H,3H2,1-2H3;4-15H,3H2,1-2H3;4-11H,3H2,1-2H3;1,5-12H,4H2,2H3. The molecule has 148 heavy (non-hydrogen) atoms. The number of hydrogen-bond donors (Lipinski definition) is 0. The maximum Gasteiger partial charge on any atom is 0.337 e. The fourth-order valence-corrected chi connectivity index (χ4v) is 17.0. The zero-order valence-electron chi connectivity index (χ0n) is 87.6. The van der Waals surface area contributed by atoms with Crippen LogP contribution < -0.4 is 0 Å². The second-order valence-electron chi connectivity index (χ2n) is 36.5. The van der Waals surface area contributed by atoms with E-state index in [1.165, 1.54) is 146 Å². The van der Waals surface area contributed by atoms with Gasteiger partial charge in [0.15, 0.2) is 17.3 Å². The van der Waals surface area contributed by atoms with Gasteiger partial charge in [0.25, 0.3) is 0 Å². The zero-order chi connectivity index (χ0) is 105. The van der Waals surface area contributed by atoms with Gasteiger partial charge in [-0.05, 0) is 288 Å². The summed E-state index contributed by atoms with van der Waals surface area (Å²) in [4.78, 5) is 45.7. The molecule has 0 unspecified atom stereocenters. The first-order chi connectivity index (χ1) is 72.0. The van der Waals surface area contributed by atoms with Crippen LogP contribution in [-0.2, 0) is 54.4 Å². The van der Waals surface area contributed by atoms with Gasteiger partial charge in [0, 0.05) is 27.8 Å². The van der Waals surface area contributed by atoms with Crippen molar-refractivity contribution in [3.63, 3.8) is 0 Å². The van der Waals surface area contributed by atoms with Gasteiger partial charge in [0.05, 0.1) is 19.8 Å². The summed E-state index contributed by atoms with van der Waals surface area (Å²) in [6.45, 7) is 26.0. The third kappa shape index (κ3) is 30.9. The summed E-state index contributed by atoms with van der Waals surface area (Å²) in [5.74, 6) is 3.30. The molecule has 19 aromatic rings. The molecule has 0 bridgehead atoms. The van der Waals surface area contributed by atoms with Crippen LogP contribution in [0.2, 0.25) is 0 Å². The monoisotopic (exact) mass is 1930 g/mol. The lowest BCUT2D eigenvalue weighted by Gasteiger charge is -2.09. The lowest BCUT2D eigenvalue weighted by Crippen LogP contribution is -2.00. The van der Waals surface area contributed by atoms with E-state index in [2.05, 4.69) is 408 Å². The SMILES string of the molecule is C#Cc1ccc(-c2ccc(CC)cc2)cc1.C=C(OC)c1cccc(-c2ccc(-c3ccc(CC)cc3)cc2)c1.CCc1ccc(-c2ccc(-c3ccc(C(=O)OC)cc3)cc2)cc1.CCc1ccc(-c2ccc(-c3cccc(C(C)=O)c3)cc2)cc1.CCc1ccc(-c2ccc(-c3cccc(C(C)=O)c3)cc2)cc1.CCc1ccc(-c2ccc(-c3cccc(C)c3)cc2)cc1.CCc1ccc(-c2ccc(C(C)=O)cc2)cc1. The number of rotatable bonds is 25. The Morgan fingerprint density at radius 2 is 0.385 bits per heavy atom. The average Bonchev–Trinajstić information content (AvgIpc) is 0.826. The van der Waals surface area contributed by atoms with Gasteiger partial charge in [0.1, 0.15) is 5.76 Å². The van der Waals surface area contributed by atoms with E-state index in [9.17, 15) is 19.2 Å². The predicted molar refractivity (Wildman–Crippen MR) is 626 cm³/mol. The second kappa shape index (κ2) is 55.0. The normalized spacial score (nSPS) is 10.4. The van der Waals surface area contributed by atoms with E-state index in [0.29, 0.717) is 11.3 Å². The summed E-state index contributed by atoms with van der Waals surface area (Å²) in [7, 11) is 3.04. The molecule has 19 rings (SSSR count).